The van der Waals surface area contributed by atoms with Crippen LogP contribution in [0.25, 0.3) is 0 Å². The molecular formula is C16H20Cl2N2O3S. The number of benzene rings is 1. The Hall–Kier alpha value is -0.820. The van der Waals surface area contributed by atoms with Crippen LogP contribution < -0.4 is 5.32 Å². The molecule has 1 aliphatic carbocycles. The fourth-order valence-electron chi connectivity index (χ4n) is 2.95. The number of nitrogens with zero attached hydrogens (tertiary/aromatic N) is 1. The standard InChI is InChI=1S/C16H20Cl2N2O3S/c1-11-3-2-8-20(10-11)24(22,23)13-6-4-12(5-7-13)19-15(21)14-9-16(14,17)18/h4-7,11,14H,2-3,8-10H2,1H3,(H,19,21)/t11-,14+/m1/s1. The number of halogens is 2. The van der Waals surface area contributed by atoms with Gasteiger partial charge in [-0.1, -0.05) is 6.92 Å². The van der Waals surface area contributed by atoms with Gasteiger partial charge in [-0.2, -0.15) is 4.31 Å². The van der Waals surface area contributed by atoms with E-state index in [9.17, 15) is 13.2 Å². The van der Waals surface area contributed by atoms with Gasteiger partial charge in [0.25, 0.3) is 0 Å². The van der Waals surface area contributed by atoms with Crippen LogP contribution in [0.3, 0.4) is 0 Å². The van der Waals surface area contributed by atoms with Crippen LogP contribution in [0.2, 0.25) is 0 Å². The summed E-state index contributed by atoms with van der Waals surface area (Å²) in [5, 5.41) is 2.71. The van der Waals surface area contributed by atoms with Crippen molar-refractivity contribution >= 4 is 44.8 Å². The molecule has 24 heavy (non-hydrogen) atoms. The first-order valence-corrected chi connectivity index (χ1v) is 10.2. The lowest BCUT2D eigenvalue weighted by atomic mass is 10.0. The number of alkyl halides is 2. The van der Waals surface area contributed by atoms with E-state index in [2.05, 4.69) is 12.2 Å². The Balaban J connectivity index is 1.68. The molecule has 1 aromatic rings. The Labute approximate surface area is 152 Å². The number of rotatable bonds is 4. The molecule has 1 aromatic carbocycles. The predicted octanol–water partition coefficient (Wildman–Crippen LogP) is 3.24. The number of amides is 1. The number of carbonyl (C=O) groups excluding carboxylic acids is 1. The molecular weight excluding hydrogens is 371 g/mol. The van der Waals surface area contributed by atoms with Crippen LogP contribution in [0.5, 0.6) is 0 Å². The number of nitrogens with one attached hydrogen (secondary N) is 1. The molecule has 0 unspecified atom stereocenters. The Morgan fingerprint density at radius 1 is 1.29 bits per heavy atom. The van der Waals surface area contributed by atoms with E-state index >= 15 is 0 Å². The van der Waals surface area contributed by atoms with Gasteiger partial charge in [-0.05, 0) is 49.4 Å². The number of sulfonamides is 1. The summed E-state index contributed by atoms with van der Waals surface area (Å²) < 4.78 is 25.9. The molecule has 2 aliphatic rings. The molecule has 132 valence electrons. The Morgan fingerprint density at radius 3 is 2.46 bits per heavy atom. The highest BCUT2D eigenvalue weighted by molar-refractivity contribution is 7.89. The fraction of sp³-hybridized carbons (Fsp3) is 0.562. The van der Waals surface area contributed by atoms with Crippen LogP contribution >= 0.6 is 23.2 Å². The first-order chi connectivity index (χ1) is 11.2. The van der Waals surface area contributed by atoms with E-state index in [0.29, 0.717) is 31.1 Å². The molecule has 2 fully saturated rings. The molecule has 2 atom stereocenters. The van der Waals surface area contributed by atoms with Gasteiger partial charge in [0, 0.05) is 18.8 Å². The highest BCUT2D eigenvalue weighted by atomic mass is 35.5. The predicted molar refractivity (Wildman–Crippen MR) is 94.8 cm³/mol. The zero-order valence-electron chi connectivity index (χ0n) is 13.3. The van der Waals surface area contributed by atoms with Crippen molar-refractivity contribution in [3.8, 4) is 0 Å². The SMILES string of the molecule is C[C@@H]1CCCN(S(=O)(=O)c2ccc(NC(=O)[C@@H]3CC3(Cl)Cl)cc2)C1. The van der Waals surface area contributed by atoms with Crippen LogP contribution in [-0.4, -0.2) is 36.1 Å². The number of carbonyl (C=O) groups is 1. The molecule has 0 spiro atoms. The lowest BCUT2D eigenvalue weighted by Crippen LogP contribution is -2.39. The Morgan fingerprint density at radius 2 is 1.92 bits per heavy atom. The van der Waals surface area contributed by atoms with Crippen molar-refractivity contribution in [3.63, 3.8) is 0 Å². The van der Waals surface area contributed by atoms with Crippen LogP contribution in [0.4, 0.5) is 5.69 Å². The lowest BCUT2D eigenvalue weighted by Gasteiger charge is -2.30. The number of piperidine rings is 1. The molecule has 8 heteroatoms. The van der Waals surface area contributed by atoms with Crippen molar-refractivity contribution in [3.05, 3.63) is 24.3 Å². The van der Waals surface area contributed by atoms with E-state index in [-0.39, 0.29) is 10.8 Å². The average Bonchev–Trinajstić information content (AvgIpc) is 3.17. The van der Waals surface area contributed by atoms with Crippen molar-refractivity contribution in [2.75, 3.05) is 18.4 Å². The van der Waals surface area contributed by atoms with Crippen LogP contribution in [0.1, 0.15) is 26.2 Å². The zero-order chi connectivity index (χ0) is 17.5. The zero-order valence-corrected chi connectivity index (χ0v) is 15.7. The molecule has 5 nitrogen and oxygen atoms in total. The molecule has 0 aromatic heterocycles. The van der Waals surface area contributed by atoms with Crippen LogP contribution in [-0.2, 0) is 14.8 Å². The van der Waals surface area contributed by atoms with Gasteiger partial charge < -0.3 is 5.32 Å². The van der Waals surface area contributed by atoms with Gasteiger partial charge in [0.15, 0.2) is 0 Å². The van der Waals surface area contributed by atoms with Gasteiger partial charge in [-0.15, -0.1) is 23.2 Å². The van der Waals surface area contributed by atoms with Crippen molar-refractivity contribution in [2.45, 2.75) is 35.4 Å². The number of hydrogen-bond donors (Lipinski definition) is 1. The first kappa shape index (κ1) is 18.0. The van der Waals surface area contributed by atoms with Gasteiger partial charge >= 0.3 is 0 Å². The fourth-order valence-corrected chi connectivity index (χ4v) is 5.06. The largest absolute Gasteiger partial charge is 0.326 e. The quantitative estimate of drug-likeness (QED) is 0.802. The molecule has 3 rings (SSSR count). The summed E-state index contributed by atoms with van der Waals surface area (Å²) in [4.78, 5) is 12.2. The van der Waals surface area contributed by atoms with Gasteiger partial charge in [-0.25, -0.2) is 8.42 Å². The van der Waals surface area contributed by atoms with Crippen molar-refractivity contribution in [2.24, 2.45) is 11.8 Å². The van der Waals surface area contributed by atoms with E-state index < -0.39 is 20.3 Å². The van der Waals surface area contributed by atoms with Crippen molar-refractivity contribution in [1.29, 1.82) is 0 Å². The highest BCUT2D eigenvalue weighted by Crippen LogP contribution is 2.53. The lowest BCUT2D eigenvalue weighted by molar-refractivity contribution is -0.117. The van der Waals surface area contributed by atoms with E-state index in [1.807, 2.05) is 0 Å². The second-order valence-corrected chi connectivity index (χ2v) is 10.1. The minimum absolute atomic E-state index is 0.241. The minimum atomic E-state index is -3.48. The van der Waals surface area contributed by atoms with E-state index in [4.69, 9.17) is 23.2 Å². The summed E-state index contributed by atoms with van der Waals surface area (Å²) in [6.07, 6.45) is 2.37. The summed E-state index contributed by atoms with van der Waals surface area (Å²) in [6, 6.07) is 6.22. The smallest absolute Gasteiger partial charge is 0.243 e. The van der Waals surface area contributed by atoms with Crippen molar-refractivity contribution < 1.29 is 13.2 Å². The van der Waals surface area contributed by atoms with Gasteiger partial charge in [-0.3, -0.25) is 4.79 Å². The second-order valence-electron chi connectivity index (χ2n) is 6.64. The second kappa shape index (κ2) is 6.48. The third-order valence-corrected chi connectivity index (χ3v) is 7.24. The van der Waals surface area contributed by atoms with Gasteiger partial charge in [0.1, 0.15) is 4.33 Å². The third kappa shape index (κ3) is 3.72. The molecule has 0 bridgehead atoms. The monoisotopic (exact) mass is 390 g/mol. The van der Waals surface area contributed by atoms with E-state index in [1.165, 1.54) is 16.4 Å². The maximum absolute atomic E-state index is 12.7. The molecule has 1 amide bonds. The maximum atomic E-state index is 12.7. The van der Waals surface area contributed by atoms with E-state index in [0.717, 1.165) is 12.8 Å². The highest BCUT2D eigenvalue weighted by Gasteiger charge is 2.56. The maximum Gasteiger partial charge on any atom is 0.243 e. The summed E-state index contributed by atoms with van der Waals surface area (Å²) in [5.74, 6) is -0.295. The normalized spacial score (nSPS) is 26.8. The summed E-state index contributed by atoms with van der Waals surface area (Å²) >= 11 is 11.7. The Bertz CT molecular complexity index is 734. The summed E-state index contributed by atoms with van der Waals surface area (Å²) in [7, 11) is -3.48. The molecule has 1 heterocycles. The van der Waals surface area contributed by atoms with Gasteiger partial charge in [0.2, 0.25) is 15.9 Å². The average molecular weight is 391 g/mol. The van der Waals surface area contributed by atoms with Crippen LogP contribution in [0, 0.1) is 11.8 Å². The van der Waals surface area contributed by atoms with Crippen LogP contribution in [0.15, 0.2) is 29.2 Å². The van der Waals surface area contributed by atoms with Crippen molar-refractivity contribution in [1.82, 2.24) is 4.31 Å². The number of anilines is 1. The molecule has 0 radical (unpaired) electrons. The summed E-state index contributed by atoms with van der Waals surface area (Å²) in [5.41, 5.74) is 0.530. The first-order valence-electron chi connectivity index (χ1n) is 7.99. The molecule has 1 N–H and O–H groups in total. The minimum Gasteiger partial charge on any atom is -0.326 e. The van der Waals surface area contributed by atoms with E-state index in [1.54, 1.807) is 12.1 Å². The topological polar surface area (TPSA) is 66.5 Å². The molecule has 1 saturated carbocycles. The third-order valence-electron chi connectivity index (χ3n) is 4.52. The number of hydrogen-bond acceptors (Lipinski definition) is 3. The Kier molecular flexibility index (Phi) is 4.86. The van der Waals surface area contributed by atoms with Gasteiger partial charge in [0.05, 0.1) is 10.8 Å². The summed E-state index contributed by atoms with van der Waals surface area (Å²) in [6.45, 7) is 3.17. The molecule has 1 aliphatic heterocycles. The molecule has 1 saturated heterocycles.